The molecule has 1 amide bonds. The zero-order valence-corrected chi connectivity index (χ0v) is 28.3. The van der Waals surface area contributed by atoms with Crippen LogP contribution >= 0.6 is 0 Å². The summed E-state index contributed by atoms with van der Waals surface area (Å²) >= 11 is 0. The van der Waals surface area contributed by atoms with Crippen molar-refractivity contribution in [2.75, 3.05) is 6.54 Å². The van der Waals surface area contributed by atoms with Crippen molar-refractivity contribution in [1.29, 1.82) is 0 Å². The number of hydrogen-bond donors (Lipinski definition) is 1. The molecule has 0 radical (unpaired) electrons. The number of ether oxygens (including phenoxy) is 2. The Morgan fingerprint density at radius 3 is 1.41 bits per heavy atom. The first-order valence-electron chi connectivity index (χ1n) is 17.9. The highest BCUT2D eigenvalue weighted by Gasteiger charge is 2.15. The zero-order chi connectivity index (χ0) is 30.4. The van der Waals surface area contributed by atoms with Gasteiger partial charge in [0, 0.05) is 13.0 Å². The van der Waals surface area contributed by atoms with Gasteiger partial charge >= 0.3 is 12.1 Å². The fraction of sp³-hybridized carbons (Fsp3) is 0.944. The molecule has 0 spiro atoms. The third-order valence-corrected chi connectivity index (χ3v) is 7.77. The monoisotopic (exact) mass is 582 g/mol. The van der Waals surface area contributed by atoms with Crippen molar-refractivity contribution in [2.45, 2.75) is 213 Å². The maximum absolute atomic E-state index is 11.9. The summed E-state index contributed by atoms with van der Waals surface area (Å²) in [5.41, 5.74) is -0.360. The molecule has 5 nitrogen and oxygen atoms in total. The molecular weight excluding hydrogens is 510 g/mol. The van der Waals surface area contributed by atoms with Gasteiger partial charge in [-0.05, 0) is 53.4 Å². The molecule has 0 heterocycles. The number of hydrogen-bond acceptors (Lipinski definition) is 4. The first kappa shape index (κ1) is 39.7. The number of amides is 1. The standard InChI is InChI=1S/C36H71NO4/c1-6-7-8-9-21-24-27-30-33(2)40-35(39)37-32-29-26-23-20-18-16-14-12-10-11-13-15-17-19-22-25-28-31-34(38)41-36(3,4)5/h33H,6-32H2,1-5H3,(H,37,39). The molecule has 244 valence electrons. The van der Waals surface area contributed by atoms with Crippen molar-refractivity contribution in [3.05, 3.63) is 0 Å². The van der Waals surface area contributed by atoms with Crippen LogP contribution in [0, 0.1) is 0 Å². The molecule has 1 N–H and O–H groups in total. The van der Waals surface area contributed by atoms with Crippen LogP contribution in [0.1, 0.15) is 202 Å². The lowest BCUT2D eigenvalue weighted by Gasteiger charge is -2.19. The molecular formula is C36H71NO4. The summed E-state index contributed by atoms with van der Waals surface area (Å²) in [7, 11) is 0. The molecule has 0 saturated heterocycles. The van der Waals surface area contributed by atoms with E-state index in [0.717, 1.165) is 38.6 Å². The summed E-state index contributed by atoms with van der Waals surface area (Å²) in [5, 5.41) is 2.93. The molecule has 1 atom stereocenters. The van der Waals surface area contributed by atoms with Crippen molar-refractivity contribution in [3.63, 3.8) is 0 Å². The zero-order valence-electron chi connectivity index (χ0n) is 28.3. The van der Waals surface area contributed by atoms with Crippen LogP contribution in [0.5, 0.6) is 0 Å². The average Bonchev–Trinajstić information content (AvgIpc) is 2.90. The number of esters is 1. The van der Waals surface area contributed by atoms with Crippen molar-refractivity contribution < 1.29 is 19.1 Å². The van der Waals surface area contributed by atoms with Gasteiger partial charge in [0.2, 0.25) is 0 Å². The number of alkyl carbamates (subject to hydrolysis) is 1. The molecule has 0 aromatic rings. The Bertz CT molecular complexity index is 587. The van der Waals surface area contributed by atoms with Crippen molar-refractivity contribution in [1.82, 2.24) is 5.32 Å². The second-order valence-electron chi connectivity index (χ2n) is 13.4. The van der Waals surface area contributed by atoms with Gasteiger partial charge < -0.3 is 14.8 Å². The second-order valence-corrected chi connectivity index (χ2v) is 13.4. The smallest absolute Gasteiger partial charge is 0.407 e. The molecule has 0 aliphatic heterocycles. The summed E-state index contributed by atoms with van der Waals surface area (Å²) in [5.74, 6) is -0.0559. The Morgan fingerprint density at radius 2 is 0.976 bits per heavy atom. The minimum absolute atomic E-state index is 0.0187. The van der Waals surface area contributed by atoms with Crippen LogP contribution in [0.3, 0.4) is 0 Å². The lowest BCUT2D eigenvalue weighted by atomic mass is 10.0. The van der Waals surface area contributed by atoms with Crippen LogP contribution in [0.25, 0.3) is 0 Å². The third-order valence-electron chi connectivity index (χ3n) is 7.77. The van der Waals surface area contributed by atoms with Crippen LogP contribution in [0.4, 0.5) is 4.79 Å². The quantitative estimate of drug-likeness (QED) is 0.0704. The highest BCUT2D eigenvalue weighted by Crippen LogP contribution is 2.16. The van der Waals surface area contributed by atoms with Crippen LogP contribution in [-0.2, 0) is 14.3 Å². The van der Waals surface area contributed by atoms with E-state index in [1.807, 2.05) is 27.7 Å². The van der Waals surface area contributed by atoms with Crippen molar-refractivity contribution in [2.24, 2.45) is 0 Å². The van der Waals surface area contributed by atoms with Crippen LogP contribution in [0.15, 0.2) is 0 Å². The Kier molecular flexibility index (Phi) is 28.0. The van der Waals surface area contributed by atoms with Gasteiger partial charge in [-0.2, -0.15) is 0 Å². The Morgan fingerprint density at radius 1 is 0.585 bits per heavy atom. The maximum Gasteiger partial charge on any atom is 0.407 e. The van der Waals surface area contributed by atoms with Gasteiger partial charge in [0.1, 0.15) is 11.7 Å². The predicted octanol–water partition coefficient (Wildman–Crippen LogP) is 11.6. The highest BCUT2D eigenvalue weighted by molar-refractivity contribution is 5.69. The summed E-state index contributed by atoms with van der Waals surface area (Å²) < 4.78 is 10.8. The van der Waals surface area contributed by atoms with E-state index < -0.39 is 0 Å². The molecule has 1 unspecified atom stereocenters. The predicted molar refractivity (Wildman–Crippen MR) is 176 cm³/mol. The Balaban J connectivity index is 3.27. The number of carbonyl (C=O) groups is 2. The molecule has 41 heavy (non-hydrogen) atoms. The van der Waals surface area contributed by atoms with E-state index in [1.165, 1.54) is 128 Å². The fourth-order valence-corrected chi connectivity index (χ4v) is 5.30. The van der Waals surface area contributed by atoms with E-state index in [0.29, 0.717) is 6.42 Å². The largest absolute Gasteiger partial charge is 0.460 e. The van der Waals surface area contributed by atoms with Gasteiger partial charge in [0.25, 0.3) is 0 Å². The van der Waals surface area contributed by atoms with Crippen molar-refractivity contribution >= 4 is 12.1 Å². The maximum atomic E-state index is 11.9. The molecule has 0 bridgehead atoms. The molecule has 0 aliphatic carbocycles. The van der Waals surface area contributed by atoms with Crippen LogP contribution < -0.4 is 5.32 Å². The SMILES string of the molecule is CCCCCCCCCC(C)OC(=O)NCCCCCCCCCCCCCCCCCCCC(=O)OC(C)(C)C. The second kappa shape index (κ2) is 28.8. The van der Waals surface area contributed by atoms with E-state index in [2.05, 4.69) is 12.2 Å². The molecule has 0 rings (SSSR count). The van der Waals surface area contributed by atoms with Gasteiger partial charge in [0.05, 0.1) is 0 Å². The number of unbranched alkanes of at least 4 members (excludes halogenated alkanes) is 22. The third kappa shape index (κ3) is 33.1. The fourth-order valence-electron chi connectivity index (χ4n) is 5.30. The van der Waals surface area contributed by atoms with E-state index in [-0.39, 0.29) is 23.8 Å². The van der Waals surface area contributed by atoms with Gasteiger partial charge in [0.15, 0.2) is 0 Å². The van der Waals surface area contributed by atoms with E-state index in [1.54, 1.807) is 0 Å². The summed E-state index contributed by atoms with van der Waals surface area (Å²) in [6, 6.07) is 0. The normalized spacial score (nSPS) is 12.3. The minimum atomic E-state index is -0.360. The number of carbonyl (C=O) groups excluding carboxylic acids is 2. The molecule has 0 aromatic heterocycles. The summed E-state index contributed by atoms with van der Waals surface area (Å²) in [6.45, 7) is 10.8. The lowest BCUT2D eigenvalue weighted by Crippen LogP contribution is -2.28. The Hall–Kier alpha value is -1.26. The minimum Gasteiger partial charge on any atom is -0.460 e. The van der Waals surface area contributed by atoms with Gasteiger partial charge in [-0.1, -0.05) is 142 Å². The number of nitrogens with one attached hydrogen (secondary N) is 1. The number of rotatable bonds is 29. The van der Waals surface area contributed by atoms with E-state index in [9.17, 15) is 9.59 Å². The first-order valence-corrected chi connectivity index (χ1v) is 17.9. The van der Waals surface area contributed by atoms with Gasteiger partial charge in [-0.15, -0.1) is 0 Å². The van der Waals surface area contributed by atoms with Crippen LogP contribution in [-0.4, -0.2) is 30.3 Å². The first-order chi connectivity index (χ1) is 19.7. The average molecular weight is 582 g/mol. The topological polar surface area (TPSA) is 64.6 Å². The molecule has 0 fully saturated rings. The van der Waals surface area contributed by atoms with Crippen molar-refractivity contribution in [3.8, 4) is 0 Å². The lowest BCUT2D eigenvalue weighted by molar-refractivity contribution is -0.154. The van der Waals surface area contributed by atoms with Gasteiger partial charge in [-0.25, -0.2) is 4.79 Å². The molecule has 5 heteroatoms. The molecule has 0 saturated carbocycles. The van der Waals surface area contributed by atoms with Crippen LogP contribution in [0.2, 0.25) is 0 Å². The van der Waals surface area contributed by atoms with Gasteiger partial charge in [-0.3, -0.25) is 4.79 Å². The molecule has 0 aliphatic rings. The summed E-state index contributed by atoms with van der Waals surface area (Å²) in [6.07, 6.45) is 32.1. The van der Waals surface area contributed by atoms with E-state index in [4.69, 9.17) is 9.47 Å². The van der Waals surface area contributed by atoms with E-state index >= 15 is 0 Å². The molecule has 0 aromatic carbocycles. The Labute approximate surface area is 256 Å². The summed E-state index contributed by atoms with van der Waals surface area (Å²) in [4.78, 5) is 23.6. The highest BCUT2D eigenvalue weighted by atomic mass is 16.6.